The molecule has 168 valence electrons. The van der Waals surface area contributed by atoms with Gasteiger partial charge in [0.15, 0.2) is 0 Å². The number of hydrogen-bond acceptors (Lipinski definition) is 10. The molecule has 0 radical (unpaired) electrons. The number of aliphatic hydroxyl groups excluding tert-OH is 2. The van der Waals surface area contributed by atoms with Crippen LogP contribution in [-0.4, -0.2) is 86.0 Å². The SMILES string of the molecule is O=P(O)(O)OC1C(O)C(OP(=O)(O)O)C(OP(=O)(O)O)C(OP(=O)(O)O)C1O. The number of rotatable bonds is 8. The first-order valence-corrected chi connectivity index (χ1v) is 12.6. The van der Waals surface area contributed by atoms with Gasteiger partial charge in [-0.3, -0.25) is 18.1 Å². The van der Waals surface area contributed by atoms with Gasteiger partial charge in [0.2, 0.25) is 0 Å². The highest BCUT2D eigenvalue weighted by atomic mass is 31.2. The Labute approximate surface area is 154 Å². The molecule has 4 unspecified atom stereocenters. The van der Waals surface area contributed by atoms with Crippen molar-refractivity contribution in [2.24, 2.45) is 0 Å². The van der Waals surface area contributed by atoms with E-state index in [-0.39, 0.29) is 0 Å². The van der Waals surface area contributed by atoms with E-state index in [0.29, 0.717) is 0 Å². The molecule has 0 aromatic rings. The van der Waals surface area contributed by atoms with Gasteiger partial charge in [-0.2, -0.15) is 0 Å². The lowest BCUT2D eigenvalue weighted by molar-refractivity contribution is -0.208. The van der Waals surface area contributed by atoms with E-state index in [0.717, 1.165) is 0 Å². The molecule has 0 bridgehead atoms. The lowest BCUT2D eigenvalue weighted by atomic mass is 9.85. The zero-order valence-electron chi connectivity index (χ0n) is 13.0. The molecule has 0 aliphatic heterocycles. The van der Waals surface area contributed by atoms with Gasteiger partial charge in [-0.25, -0.2) is 18.3 Å². The van der Waals surface area contributed by atoms with Crippen molar-refractivity contribution in [2.75, 3.05) is 0 Å². The number of phosphoric acid groups is 4. The average Bonchev–Trinajstić information content (AvgIpc) is 2.39. The first kappa shape index (κ1) is 26.4. The summed E-state index contributed by atoms with van der Waals surface area (Å²) in [6.07, 6.45) is -15.9. The normalized spacial score (nSPS) is 33.1. The smallest absolute Gasteiger partial charge is 0.387 e. The topological polar surface area (TPSA) is 308 Å². The Morgan fingerprint density at radius 3 is 0.893 bits per heavy atom. The molecule has 4 atom stereocenters. The number of aliphatic hydroxyl groups is 2. The fourth-order valence-electron chi connectivity index (χ4n) is 2.28. The largest absolute Gasteiger partial charge is 0.470 e. The van der Waals surface area contributed by atoms with E-state index < -0.39 is 67.9 Å². The van der Waals surface area contributed by atoms with E-state index in [1.807, 2.05) is 0 Å². The maximum atomic E-state index is 11.1. The molecule has 1 fully saturated rings. The van der Waals surface area contributed by atoms with Crippen molar-refractivity contribution in [2.45, 2.75) is 36.6 Å². The zero-order chi connectivity index (χ0) is 22.3. The molecular formula is C6H16O18P4. The van der Waals surface area contributed by atoms with Crippen LogP contribution in [0.3, 0.4) is 0 Å². The van der Waals surface area contributed by atoms with E-state index >= 15 is 0 Å². The molecule has 1 aliphatic carbocycles. The van der Waals surface area contributed by atoms with Crippen LogP contribution in [0.1, 0.15) is 0 Å². The van der Waals surface area contributed by atoms with Crippen LogP contribution in [-0.2, 0) is 36.4 Å². The lowest BCUT2D eigenvalue weighted by Crippen LogP contribution is -2.65. The standard InChI is InChI=1S/C6H16O18P4/c7-1-3(21-25(9,10)11)2(8)5(23-27(15,16)17)6(24-28(18,19)20)4(1)22-26(12,13)14/h1-8H,(H2,9,10,11)(H2,12,13,14)(H2,15,16,17)(H2,18,19,20). The van der Waals surface area contributed by atoms with Crippen LogP contribution in [0.4, 0.5) is 0 Å². The Balaban J connectivity index is 3.50. The van der Waals surface area contributed by atoms with Gasteiger partial charge in [0.1, 0.15) is 36.6 Å². The summed E-state index contributed by atoms with van der Waals surface area (Å²) >= 11 is 0. The Bertz CT molecular complexity index is 688. The molecule has 0 heterocycles. The molecule has 0 aromatic carbocycles. The third-order valence-electron chi connectivity index (χ3n) is 3.03. The maximum absolute atomic E-state index is 11.1. The molecule has 0 amide bonds. The minimum absolute atomic E-state index is 2.56. The number of hydrogen-bond donors (Lipinski definition) is 10. The molecule has 0 spiro atoms. The zero-order valence-corrected chi connectivity index (χ0v) is 16.6. The van der Waals surface area contributed by atoms with Crippen LogP contribution in [0.15, 0.2) is 0 Å². The van der Waals surface area contributed by atoms with Gasteiger partial charge in [0.05, 0.1) is 0 Å². The van der Waals surface area contributed by atoms with E-state index in [4.69, 9.17) is 39.1 Å². The summed E-state index contributed by atoms with van der Waals surface area (Å²) in [4.78, 5) is 71.0. The summed E-state index contributed by atoms with van der Waals surface area (Å²) < 4.78 is 60.5. The van der Waals surface area contributed by atoms with Crippen molar-refractivity contribution in [3.05, 3.63) is 0 Å². The summed E-state index contributed by atoms with van der Waals surface area (Å²) in [5, 5.41) is 20.1. The van der Waals surface area contributed by atoms with Crippen LogP contribution in [0.5, 0.6) is 0 Å². The minimum Gasteiger partial charge on any atom is -0.387 e. The van der Waals surface area contributed by atoms with Crippen LogP contribution in [0, 0.1) is 0 Å². The summed E-state index contributed by atoms with van der Waals surface area (Å²) in [6.45, 7) is 0. The van der Waals surface area contributed by atoms with Crippen molar-refractivity contribution in [3.8, 4) is 0 Å². The molecule has 1 rings (SSSR count). The van der Waals surface area contributed by atoms with Gasteiger partial charge in [-0.15, -0.1) is 0 Å². The van der Waals surface area contributed by atoms with Gasteiger partial charge in [-0.05, 0) is 0 Å². The lowest BCUT2D eigenvalue weighted by Gasteiger charge is -2.45. The molecule has 0 aromatic heterocycles. The first-order valence-electron chi connectivity index (χ1n) is 6.52. The highest BCUT2D eigenvalue weighted by Gasteiger charge is 2.58. The molecule has 28 heavy (non-hydrogen) atoms. The first-order chi connectivity index (χ1) is 12.2. The number of phosphoric ester groups is 4. The van der Waals surface area contributed by atoms with Crippen molar-refractivity contribution < 1.29 is 85.7 Å². The van der Waals surface area contributed by atoms with Gasteiger partial charge < -0.3 is 49.4 Å². The van der Waals surface area contributed by atoms with Crippen molar-refractivity contribution >= 4 is 31.3 Å². The van der Waals surface area contributed by atoms with Gasteiger partial charge >= 0.3 is 31.3 Å². The second-order valence-electron chi connectivity index (χ2n) is 5.22. The van der Waals surface area contributed by atoms with Crippen molar-refractivity contribution in [3.63, 3.8) is 0 Å². The predicted octanol–water partition coefficient (Wildman–Crippen LogP) is -3.37. The Morgan fingerprint density at radius 1 is 0.429 bits per heavy atom. The molecule has 18 nitrogen and oxygen atoms in total. The van der Waals surface area contributed by atoms with Crippen LogP contribution < -0.4 is 0 Å². The van der Waals surface area contributed by atoms with E-state index in [2.05, 4.69) is 18.1 Å². The highest BCUT2D eigenvalue weighted by molar-refractivity contribution is 7.47. The summed E-state index contributed by atoms with van der Waals surface area (Å²) in [5.74, 6) is 0. The van der Waals surface area contributed by atoms with Gasteiger partial charge in [0, 0.05) is 0 Å². The van der Waals surface area contributed by atoms with Crippen molar-refractivity contribution in [1.29, 1.82) is 0 Å². The fourth-order valence-corrected chi connectivity index (χ4v) is 4.52. The quantitative estimate of drug-likeness (QED) is 0.145. The maximum Gasteiger partial charge on any atom is 0.470 e. The molecule has 1 saturated carbocycles. The molecular weight excluding hydrogens is 484 g/mol. The Hall–Kier alpha value is 0.360. The molecule has 1 aliphatic rings. The molecule has 0 saturated heterocycles. The second kappa shape index (κ2) is 8.85. The van der Waals surface area contributed by atoms with E-state index in [1.165, 1.54) is 0 Å². The highest BCUT2D eigenvalue weighted by Crippen LogP contribution is 2.52. The Morgan fingerprint density at radius 2 is 0.643 bits per heavy atom. The van der Waals surface area contributed by atoms with Crippen LogP contribution in [0.2, 0.25) is 0 Å². The second-order valence-corrected chi connectivity index (χ2v) is 9.99. The molecule has 10 N–H and O–H groups in total. The fraction of sp³-hybridized carbons (Fsp3) is 1.00. The monoisotopic (exact) mass is 500 g/mol. The van der Waals surface area contributed by atoms with Crippen LogP contribution >= 0.6 is 31.3 Å². The van der Waals surface area contributed by atoms with Crippen molar-refractivity contribution in [1.82, 2.24) is 0 Å². The summed E-state index contributed by atoms with van der Waals surface area (Å²) in [5.41, 5.74) is 0. The Kier molecular flexibility index (Phi) is 8.34. The minimum atomic E-state index is -5.64. The van der Waals surface area contributed by atoms with E-state index in [9.17, 15) is 28.5 Å². The molecule has 22 heteroatoms. The summed E-state index contributed by atoms with van der Waals surface area (Å²) in [6, 6.07) is 0. The summed E-state index contributed by atoms with van der Waals surface area (Å²) in [7, 11) is -22.4. The van der Waals surface area contributed by atoms with E-state index in [1.54, 1.807) is 0 Å². The van der Waals surface area contributed by atoms with Gasteiger partial charge in [0.25, 0.3) is 0 Å². The third kappa shape index (κ3) is 8.62. The third-order valence-corrected chi connectivity index (χ3v) is 5.10. The van der Waals surface area contributed by atoms with Crippen LogP contribution in [0.25, 0.3) is 0 Å². The predicted molar refractivity (Wildman–Crippen MR) is 79.7 cm³/mol. The van der Waals surface area contributed by atoms with Gasteiger partial charge in [-0.1, -0.05) is 0 Å². The average molecular weight is 500 g/mol.